The van der Waals surface area contributed by atoms with E-state index in [0.29, 0.717) is 35.8 Å². The molecule has 7 nitrogen and oxygen atoms in total. The molecule has 0 bridgehead atoms. The third kappa shape index (κ3) is 4.28. The largest absolute Gasteiger partial charge is 0.493 e. The van der Waals surface area contributed by atoms with Crippen LogP contribution in [0.4, 0.5) is 4.79 Å². The zero-order valence-corrected chi connectivity index (χ0v) is 15.7. The SMILES string of the molecule is CCCC1=C(C(=O)OCC)C(c2ccc(OCC)c(OC)c2)NC(=O)N1. The van der Waals surface area contributed by atoms with Crippen LogP contribution in [0.15, 0.2) is 29.5 Å². The first-order chi connectivity index (χ1) is 12.5. The number of rotatable bonds is 8. The van der Waals surface area contributed by atoms with E-state index in [-0.39, 0.29) is 12.6 Å². The molecular weight excluding hydrogens is 336 g/mol. The molecule has 1 aliphatic rings. The number of carbonyl (C=O) groups excluding carboxylic acids is 2. The van der Waals surface area contributed by atoms with E-state index in [1.807, 2.05) is 19.9 Å². The van der Waals surface area contributed by atoms with Gasteiger partial charge in [0.2, 0.25) is 0 Å². The van der Waals surface area contributed by atoms with Gasteiger partial charge < -0.3 is 24.8 Å². The second-order valence-electron chi connectivity index (χ2n) is 5.74. The maximum absolute atomic E-state index is 12.6. The third-order valence-corrected chi connectivity index (χ3v) is 3.97. The molecule has 1 aliphatic heterocycles. The number of esters is 1. The van der Waals surface area contributed by atoms with Crippen molar-refractivity contribution in [3.63, 3.8) is 0 Å². The Morgan fingerprint density at radius 3 is 2.54 bits per heavy atom. The van der Waals surface area contributed by atoms with Gasteiger partial charge in [0.1, 0.15) is 0 Å². The van der Waals surface area contributed by atoms with Crippen LogP contribution < -0.4 is 20.1 Å². The van der Waals surface area contributed by atoms with Crippen LogP contribution in [-0.2, 0) is 9.53 Å². The molecule has 0 saturated heterocycles. The van der Waals surface area contributed by atoms with Gasteiger partial charge in [0.15, 0.2) is 11.5 Å². The average Bonchev–Trinajstić information content (AvgIpc) is 2.62. The monoisotopic (exact) mass is 362 g/mol. The van der Waals surface area contributed by atoms with Gasteiger partial charge in [-0.25, -0.2) is 9.59 Å². The maximum Gasteiger partial charge on any atom is 0.338 e. The van der Waals surface area contributed by atoms with Crippen molar-refractivity contribution in [1.82, 2.24) is 10.6 Å². The maximum atomic E-state index is 12.6. The standard InChI is InChI=1S/C19H26N2O5/c1-5-8-13-16(18(22)26-7-3)17(21-19(23)20-13)12-9-10-14(25-6-2)15(11-12)24-4/h9-11,17H,5-8H2,1-4H3,(H2,20,21,23). The van der Waals surface area contributed by atoms with E-state index in [0.717, 1.165) is 12.0 Å². The minimum Gasteiger partial charge on any atom is -0.493 e. The molecule has 1 heterocycles. The highest BCUT2D eigenvalue weighted by Gasteiger charge is 2.33. The van der Waals surface area contributed by atoms with E-state index >= 15 is 0 Å². The Bertz CT molecular complexity index is 699. The molecule has 7 heteroatoms. The molecule has 1 atom stereocenters. The molecule has 0 fully saturated rings. The fourth-order valence-electron chi connectivity index (χ4n) is 2.90. The van der Waals surface area contributed by atoms with Gasteiger partial charge in [0.05, 0.1) is 31.9 Å². The van der Waals surface area contributed by atoms with Crippen LogP contribution in [0.25, 0.3) is 0 Å². The first-order valence-corrected chi connectivity index (χ1v) is 8.84. The average molecular weight is 362 g/mol. The van der Waals surface area contributed by atoms with E-state index in [9.17, 15) is 9.59 Å². The molecule has 1 unspecified atom stereocenters. The molecule has 1 aromatic rings. The minimum absolute atomic E-state index is 0.259. The van der Waals surface area contributed by atoms with Crippen molar-refractivity contribution >= 4 is 12.0 Å². The molecule has 2 N–H and O–H groups in total. The Morgan fingerprint density at radius 2 is 1.92 bits per heavy atom. The Labute approximate surface area is 153 Å². The van der Waals surface area contributed by atoms with E-state index in [2.05, 4.69) is 10.6 Å². The number of nitrogens with one attached hydrogen (secondary N) is 2. The summed E-state index contributed by atoms with van der Waals surface area (Å²) in [6.07, 6.45) is 1.37. The van der Waals surface area contributed by atoms with Crippen molar-refractivity contribution < 1.29 is 23.8 Å². The smallest absolute Gasteiger partial charge is 0.338 e. The van der Waals surface area contributed by atoms with Crippen molar-refractivity contribution in [2.75, 3.05) is 20.3 Å². The molecule has 0 saturated carbocycles. The second-order valence-corrected chi connectivity index (χ2v) is 5.74. The predicted octanol–water partition coefficient (Wildman–Crippen LogP) is 3.07. The summed E-state index contributed by atoms with van der Waals surface area (Å²) in [5.74, 6) is 0.702. The number of hydrogen-bond donors (Lipinski definition) is 2. The van der Waals surface area contributed by atoms with Crippen molar-refractivity contribution in [1.29, 1.82) is 0 Å². The van der Waals surface area contributed by atoms with Gasteiger partial charge in [-0.2, -0.15) is 0 Å². The third-order valence-electron chi connectivity index (χ3n) is 3.97. The molecule has 0 aliphatic carbocycles. The fraction of sp³-hybridized carbons (Fsp3) is 0.474. The lowest BCUT2D eigenvalue weighted by Crippen LogP contribution is -2.46. The molecule has 0 aromatic heterocycles. The van der Waals surface area contributed by atoms with Crippen LogP contribution in [0.3, 0.4) is 0 Å². The first kappa shape index (κ1) is 19.6. The molecule has 2 amide bonds. The molecule has 1 aromatic carbocycles. The summed E-state index contributed by atoms with van der Waals surface area (Å²) in [7, 11) is 1.55. The predicted molar refractivity (Wildman–Crippen MR) is 97.1 cm³/mol. The number of urea groups is 1. The lowest BCUT2D eigenvalue weighted by atomic mass is 9.93. The highest BCUT2D eigenvalue weighted by molar-refractivity contribution is 5.95. The van der Waals surface area contributed by atoms with Crippen molar-refractivity contribution in [3.05, 3.63) is 35.0 Å². The summed E-state index contributed by atoms with van der Waals surface area (Å²) >= 11 is 0. The van der Waals surface area contributed by atoms with Crippen LogP contribution in [0.5, 0.6) is 11.5 Å². The molecule has 26 heavy (non-hydrogen) atoms. The number of carbonyl (C=O) groups is 2. The van der Waals surface area contributed by atoms with Crippen LogP contribution in [-0.4, -0.2) is 32.3 Å². The molecular formula is C19H26N2O5. The number of amides is 2. The highest BCUT2D eigenvalue weighted by atomic mass is 16.5. The van der Waals surface area contributed by atoms with E-state index in [1.54, 1.807) is 26.2 Å². The van der Waals surface area contributed by atoms with Gasteiger partial charge in [-0.05, 0) is 38.0 Å². The zero-order chi connectivity index (χ0) is 19.1. The van der Waals surface area contributed by atoms with Crippen molar-refractivity contribution in [3.8, 4) is 11.5 Å². The first-order valence-electron chi connectivity index (χ1n) is 8.84. The summed E-state index contributed by atoms with van der Waals surface area (Å²) in [6, 6.07) is 4.39. The van der Waals surface area contributed by atoms with Crippen LogP contribution in [0, 0.1) is 0 Å². The van der Waals surface area contributed by atoms with Crippen LogP contribution in [0.1, 0.15) is 45.2 Å². The van der Waals surface area contributed by atoms with Gasteiger partial charge in [0, 0.05) is 5.70 Å². The van der Waals surface area contributed by atoms with Gasteiger partial charge in [-0.3, -0.25) is 0 Å². The van der Waals surface area contributed by atoms with Crippen molar-refractivity contribution in [2.24, 2.45) is 0 Å². The van der Waals surface area contributed by atoms with Crippen LogP contribution in [0.2, 0.25) is 0 Å². The molecule has 142 valence electrons. The highest BCUT2D eigenvalue weighted by Crippen LogP contribution is 2.35. The summed E-state index contributed by atoms with van der Waals surface area (Å²) in [5.41, 5.74) is 1.73. The number of methoxy groups -OCH3 is 1. The topological polar surface area (TPSA) is 85.9 Å². The van der Waals surface area contributed by atoms with Gasteiger partial charge in [-0.1, -0.05) is 19.4 Å². The van der Waals surface area contributed by atoms with Gasteiger partial charge in [0.25, 0.3) is 0 Å². The van der Waals surface area contributed by atoms with E-state index in [1.165, 1.54) is 0 Å². The lowest BCUT2D eigenvalue weighted by Gasteiger charge is -2.29. The molecule has 0 radical (unpaired) electrons. The van der Waals surface area contributed by atoms with Gasteiger partial charge in [-0.15, -0.1) is 0 Å². The Hall–Kier alpha value is -2.70. The van der Waals surface area contributed by atoms with Crippen LogP contribution >= 0.6 is 0 Å². The normalized spacial score (nSPS) is 16.6. The number of ether oxygens (including phenoxy) is 3. The Kier molecular flexibility index (Phi) is 6.89. The fourth-order valence-corrected chi connectivity index (χ4v) is 2.90. The van der Waals surface area contributed by atoms with Crippen molar-refractivity contribution in [2.45, 2.75) is 39.7 Å². The summed E-state index contributed by atoms with van der Waals surface area (Å²) in [6.45, 7) is 6.39. The van der Waals surface area contributed by atoms with E-state index < -0.39 is 12.0 Å². The number of allylic oxidation sites excluding steroid dienone is 1. The lowest BCUT2D eigenvalue weighted by molar-refractivity contribution is -0.139. The minimum atomic E-state index is -0.617. The summed E-state index contributed by atoms with van der Waals surface area (Å²) in [5, 5.41) is 5.55. The molecule has 2 rings (SSSR count). The quantitative estimate of drug-likeness (QED) is 0.694. The Morgan fingerprint density at radius 1 is 1.15 bits per heavy atom. The second kappa shape index (κ2) is 9.12. The zero-order valence-electron chi connectivity index (χ0n) is 15.7. The summed E-state index contributed by atoms with van der Waals surface area (Å²) < 4.78 is 16.1. The van der Waals surface area contributed by atoms with Gasteiger partial charge >= 0.3 is 12.0 Å². The number of benzene rings is 1. The summed E-state index contributed by atoms with van der Waals surface area (Å²) in [4.78, 5) is 24.7. The number of hydrogen-bond acceptors (Lipinski definition) is 5. The Balaban J connectivity index is 2.51. The van der Waals surface area contributed by atoms with E-state index in [4.69, 9.17) is 14.2 Å². The molecule has 0 spiro atoms.